The summed E-state index contributed by atoms with van der Waals surface area (Å²) in [6, 6.07) is 2.71. The molecule has 2 aromatic heterocycles. The van der Waals surface area contributed by atoms with Crippen LogP contribution >= 0.6 is 11.3 Å². The predicted molar refractivity (Wildman–Crippen MR) is 72.0 cm³/mol. The number of halogens is 4. The van der Waals surface area contributed by atoms with Crippen LogP contribution in [0.2, 0.25) is 0 Å². The van der Waals surface area contributed by atoms with Gasteiger partial charge in [0.25, 0.3) is 11.9 Å². The number of hydrogen-bond donors (Lipinski definition) is 2. The number of thiophene rings is 1. The van der Waals surface area contributed by atoms with Crippen LogP contribution in [0.3, 0.4) is 0 Å². The average molecular weight is 355 g/mol. The van der Waals surface area contributed by atoms with Gasteiger partial charge < -0.3 is 5.32 Å². The summed E-state index contributed by atoms with van der Waals surface area (Å²) < 4.78 is 77.8. The van der Waals surface area contributed by atoms with E-state index in [1.54, 1.807) is 0 Å². The Labute approximate surface area is 127 Å². The van der Waals surface area contributed by atoms with Crippen molar-refractivity contribution in [1.82, 2.24) is 9.71 Å². The van der Waals surface area contributed by atoms with Crippen molar-refractivity contribution in [3.8, 4) is 0 Å². The molecule has 0 saturated carbocycles. The number of nitrogens with one attached hydrogen (secondary N) is 2. The molecular formula is C11H9F4N3O2S2. The second kappa shape index (κ2) is 6.18. The first-order chi connectivity index (χ1) is 10.3. The molecule has 0 aromatic carbocycles. The highest BCUT2D eigenvalue weighted by molar-refractivity contribution is 7.91. The zero-order valence-electron chi connectivity index (χ0n) is 11.0. The SMILES string of the molecule is CNS(=O)(=O)c1ccc(CNc2c(F)c(F)nc(F)c2F)s1. The summed E-state index contributed by atoms with van der Waals surface area (Å²) in [5.74, 6) is -6.85. The number of pyridine rings is 1. The molecule has 0 atom stereocenters. The van der Waals surface area contributed by atoms with E-state index < -0.39 is 39.2 Å². The number of sulfonamides is 1. The van der Waals surface area contributed by atoms with Gasteiger partial charge in [-0.25, -0.2) is 13.1 Å². The monoisotopic (exact) mass is 355 g/mol. The van der Waals surface area contributed by atoms with E-state index in [2.05, 4.69) is 15.0 Å². The zero-order valence-corrected chi connectivity index (χ0v) is 12.6. The third-order valence-electron chi connectivity index (χ3n) is 2.61. The summed E-state index contributed by atoms with van der Waals surface area (Å²) >= 11 is 0.843. The fourth-order valence-corrected chi connectivity index (χ4v) is 3.65. The van der Waals surface area contributed by atoms with E-state index >= 15 is 0 Å². The molecule has 0 amide bonds. The summed E-state index contributed by atoms with van der Waals surface area (Å²) in [4.78, 5) is 2.82. The maximum absolute atomic E-state index is 13.4. The minimum atomic E-state index is -3.63. The fourth-order valence-electron chi connectivity index (χ4n) is 1.52. The van der Waals surface area contributed by atoms with Crippen LogP contribution in [0.1, 0.15) is 4.88 Å². The summed E-state index contributed by atoms with van der Waals surface area (Å²) in [5.41, 5.74) is -1.00. The van der Waals surface area contributed by atoms with Crippen LogP contribution < -0.4 is 10.0 Å². The Balaban J connectivity index is 2.22. The molecule has 2 N–H and O–H groups in total. The van der Waals surface area contributed by atoms with E-state index in [4.69, 9.17) is 0 Å². The van der Waals surface area contributed by atoms with E-state index in [9.17, 15) is 26.0 Å². The molecule has 0 aliphatic carbocycles. The largest absolute Gasteiger partial charge is 0.375 e. The number of rotatable bonds is 5. The molecule has 0 saturated heterocycles. The lowest BCUT2D eigenvalue weighted by Gasteiger charge is -2.08. The Bertz CT molecular complexity index is 782. The van der Waals surface area contributed by atoms with Gasteiger partial charge in [0.05, 0.1) is 0 Å². The van der Waals surface area contributed by atoms with Crippen molar-refractivity contribution in [1.29, 1.82) is 0 Å². The third-order valence-corrected chi connectivity index (χ3v) is 5.60. The molecule has 2 heterocycles. The van der Waals surface area contributed by atoms with Gasteiger partial charge in [0.1, 0.15) is 9.90 Å². The van der Waals surface area contributed by atoms with Gasteiger partial charge in [-0.15, -0.1) is 11.3 Å². The van der Waals surface area contributed by atoms with E-state index in [0.29, 0.717) is 4.88 Å². The maximum atomic E-state index is 13.4. The summed E-state index contributed by atoms with van der Waals surface area (Å²) in [6.07, 6.45) is 0. The lowest BCUT2D eigenvalue weighted by Crippen LogP contribution is -2.17. The van der Waals surface area contributed by atoms with Crippen LogP contribution in [0.4, 0.5) is 23.2 Å². The van der Waals surface area contributed by atoms with Crippen molar-refractivity contribution in [3.05, 3.63) is 40.5 Å². The van der Waals surface area contributed by atoms with Crippen molar-refractivity contribution < 1.29 is 26.0 Å². The van der Waals surface area contributed by atoms with Crippen molar-refractivity contribution in [2.45, 2.75) is 10.8 Å². The first kappa shape index (κ1) is 16.6. The summed E-state index contributed by atoms with van der Waals surface area (Å²) in [7, 11) is -2.39. The van der Waals surface area contributed by atoms with Crippen LogP contribution in [0.5, 0.6) is 0 Å². The Morgan fingerprint density at radius 3 is 2.27 bits per heavy atom. The fraction of sp³-hybridized carbons (Fsp3) is 0.182. The van der Waals surface area contributed by atoms with Crippen molar-refractivity contribution in [2.24, 2.45) is 0 Å². The molecule has 0 bridgehead atoms. The van der Waals surface area contributed by atoms with Crippen molar-refractivity contribution in [3.63, 3.8) is 0 Å². The van der Waals surface area contributed by atoms with Gasteiger partial charge in [0, 0.05) is 11.4 Å². The predicted octanol–water partition coefficient (Wildman–Crippen LogP) is 2.22. The van der Waals surface area contributed by atoms with E-state index in [1.807, 2.05) is 0 Å². The van der Waals surface area contributed by atoms with Gasteiger partial charge in [0.15, 0.2) is 0 Å². The topological polar surface area (TPSA) is 71.1 Å². The van der Waals surface area contributed by atoms with Crippen LogP contribution in [0, 0.1) is 23.5 Å². The van der Waals surface area contributed by atoms with Gasteiger partial charge >= 0.3 is 0 Å². The lowest BCUT2D eigenvalue weighted by atomic mass is 10.3. The molecule has 2 aromatic rings. The first-order valence-corrected chi connectivity index (χ1v) is 8.02. The first-order valence-electron chi connectivity index (χ1n) is 5.72. The Morgan fingerprint density at radius 1 is 1.14 bits per heavy atom. The molecule has 22 heavy (non-hydrogen) atoms. The smallest absolute Gasteiger partial charge is 0.253 e. The summed E-state index contributed by atoms with van der Waals surface area (Å²) in [6.45, 7) is -0.222. The van der Waals surface area contributed by atoms with Gasteiger partial charge in [0.2, 0.25) is 21.7 Å². The molecule has 0 unspecified atom stereocenters. The van der Waals surface area contributed by atoms with Gasteiger partial charge in [-0.3, -0.25) is 0 Å². The lowest BCUT2D eigenvalue weighted by molar-refractivity contribution is 0.410. The molecule has 120 valence electrons. The highest BCUT2D eigenvalue weighted by atomic mass is 32.2. The molecule has 0 radical (unpaired) electrons. The van der Waals surface area contributed by atoms with Gasteiger partial charge in [-0.2, -0.15) is 22.5 Å². The maximum Gasteiger partial charge on any atom is 0.253 e. The molecule has 0 fully saturated rings. The Morgan fingerprint density at radius 2 is 1.73 bits per heavy atom. The van der Waals surface area contributed by atoms with E-state index in [-0.39, 0.29) is 10.8 Å². The number of aromatic nitrogens is 1. The van der Waals surface area contributed by atoms with Crippen molar-refractivity contribution in [2.75, 3.05) is 12.4 Å². The molecular weight excluding hydrogens is 346 g/mol. The minimum absolute atomic E-state index is 0.000154. The minimum Gasteiger partial charge on any atom is -0.375 e. The second-order valence-corrected chi connectivity index (χ2v) is 7.26. The number of nitrogens with zero attached hydrogens (tertiary/aromatic N) is 1. The summed E-state index contributed by atoms with van der Waals surface area (Å²) in [5, 5.41) is 2.19. The molecule has 11 heteroatoms. The van der Waals surface area contributed by atoms with E-state index in [0.717, 1.165) is 11.3 Å². The zero-order chi connectivity index (χ0) is 16.5. The van der Waals surface area contributed by atoms with Crippen LogP contribution in [0.15, 0.2) is 16.3 Å². The number of hydrogen-bond acceptors (Lipinski definition) is 5. The molecule has 2 rings (SSSR count). The average Bonchev–Trinajstić information content (AvgIpc) is 2.95. The Kier molecular flexibility index (Phi) is 4.68. The second-order valence-electron chi connectivity index (χ2n) is 3.98. The highest BCUT2D eigenvalue weighted by Crippen LogP contribution is 2.25. The van der Waals surface area contributed by atoms with E-state index in [1.165, 1.54) is 19.2 Å². The quantitative estimate of drug-likeness (QED) is 0.637. The molecule has 0 spiro atoms. The van der Waals surface area contributed by atoms with Gasteiger partial charge in [-0.05, 0) is 19.2 Å². The normalized spacial score (nSPS) is 11.7. The molecule has 0 aliphatic rings. The van der Waals surface area contributed by atoms with Crippen LogP contribution in [-0.4, -0.2) is 20.4 Å². The highest BCUT2D eigenvalue weighted by Gasteiger charge is 2.21. The van der Waals surface area contributed by atoms with Gasteiger partial charge in [-0.1, -0.05) is 0 Å². The molecule has 5 nitrogen and oxygen atoms in total. The standard InChI is InChI=1S/C11H9F4N3O2S2/c1-16-22(19,20)6-3-2-5(21-6)4-17-9-7(12)10(14)18-11(15)8(9)13/h2-3,16H,4H2,1H3,(H,17,18). The molecule has 0 aliphatic heterocycles. The van der Waals surface area contributed by atoms with Crippen LogP contribution in [-0.2, 0) is 16.6 Å². The Hall–Kier alpha value is -1.72. The van der Waals surface area contributed by atoms with Crippen molar-refractivity contribution >= 4 is 27.0 Å². The number of anilines is 1. The third kappa shape index (κ3) is 3.20. The van der Waals surface area contributed by atoms with Crippen LogP contribution in [0.25, 0.3) is 0 Å².